The molecule has 8 nitrogen and oxygen atoms in total. The van der Waals surface area contributed by atoms with Crippen LogP contribution in [0.4, 0.5) is 0 Å². The fourth-order valence-electron chi connectivity index (χ4n) is 3.12. The molecule has 1 aromatic carbocycles. The Morgan fingerprint density at radius 3 is 2.39 bits per heavy atom. The van der Waals surface area contributed by atoms with Crippen molar-refractivity contribution in [2.24, 2.45) is 10.9 Å². The minimum Gasteiger partial charge on any atom is -0.478 e. The van der Waals surface area contributed by atoms with Crippen molar-refractivity contribution in [3.63, 3.8) is 0 Å². The van der Waals surface area contributed by atoms with Crippen molar-refractivity contribution in [2.45, 2.75) is 43.6 Å². The Morgan fingerprint density at radius 1 is 1.19 bits per heavy atom. The summed E-state index contributed by atoms with van der Waals surface area (Å²) in [5.74, 6) is -2.72. The summed E-state index contributed by atoms with van der Waals surface area (Å²) in [6, 6.07) is 10.5. The maximum atomic E-state index is 12.9. The van der Waals surface area contributed by atoms with Gasteiger partial charge in [-0.25, -0.2) is 14.7 Å². The summed E-state index contributed by atoms with van der Waals surface area (Å²) in [5.41, 5.74) is -2.34. The molecular weight excluding hydrogens is 418 g/mol. The number of carboxylic acid groups (broad SMARTS) is 1. The highest BCUT2D eigenvalue weighted by Crippen LogP contribution is 2.35. The maximum Gasteiger partial charge on any atom is 0.338 e. The number of thioether (sulfide) groups is 1. The lowest BCUT2D eigenvalue weighted by Gasteiger charge is -2.24. The number of imide groups is 1. The number of hydrogen-bond acceptors (Lipinski definition) is 7. The van der Waals surface area contributed by atoms with Gasteiger partial charge in [0.15, 0.2) is 5.84 Å². The van der Waals surface area contributed by atoms with E-state index in [1.165, 1.54) is 19.2 Å². The SMILES string of the molecule is CC(=O)N1C(=O)C(C)(C(C)C)N=C1c1ncc(C(O)Sc2ccccc2)cc1C(=O)O. The van der Waals surface area contributed by atoms with Crippen LogP contribution in [0.5, 0.6) is 0 Å². The molecule has 0 spiro atoms. The highest BCUT2D eigenvalue weighted by Gasteiger charge is 2.49. The van der Waals surface area contributed by atoms with Gasteiger partial charge in [-0.2, -0.15) is 0 Å². The number of benzene rings is 1. The molecule has 1 aliphatic rings. The Bertz CT molecular complexity index is 1070. The quantitative estimate of drug-likeness (QED) is 0.522. The van der Waals surface area contributed by atoms with Crippen molar-refractivity contribution in [2.75, 3.05) is 0 Å². The lowest BCUT2D eigenvalue weighted by molar-refractivity contribution is -0.140. The van der Waals surface area contributed by atoms with Crippen LogP contribution in [-0.2, 0) is 9.59 Å². The minimum atomic E-state index is -1.31. The van der Waals surface area contributed by atoms with Crippen molar-refractivity contribution in [3.8, 4) is 0 Å². The van der Waals surface area contributed by atoms with Crippen LogP contribution in [0.1, 0.15) is 54.7 Å². The molecule has 2 N–H and O–H groups in total. The molecule has 2 amide bonds. The smallest absolute Gasteiger partial charge is 0.338 e. The minimum absolute atomic E-state index is 0.0946. The van der Waals surface area contributed by atoms with Crippen molar-refractivity contribution < 1.29 is 24.6 Å². The van der Waals surface area contributed by atoms with Crippen LogP contribution in [0.15, 0.2) is 52.5 Å². The zero-order chi connectivity index (χ0) is 22.9. The Hall–Kier alpha value is -3.04. The van der Waals surface area contributed by atoms with E-state index in [1.54, 1.807) is 20.8 Å². The third-order valence-corrected chi connectivity index (χ3v) is 6.29. The number of aliphatic hydroxyl groups is 1. The zero-order valence-electron chi connectivity index (χ0n) is 17.6. The molecule has 2 unspecified atom stereocenters. The van der Waals surface area contributed by atoms with Crippen LogP contribution in [0.2, 0.25) is 0 Å². The van der Waals surface area contributed by atoms with Gasteiger partial charge in [-0.15, -0.1) is 0 Å². The summed E-state index contributed by atoms with van der Waals surface area (Å²) in [6.07, 6.45) is 1.33. The molecule has 0 aliphatic carbocycles. The predicted molar refractivity (Wildman–Crippen MR) is 116 cm³/mol. The normalized spacial score (nSPS) is 19.5. The Morgan fingerprint density at radius 2 is 1.84 bits per heavy atom. The summed E-state index contributed by atoms with van der Waals surface area (Å²) < 4.78 is 0. The maximum absolute atomic E-state index is 12.9. The van der Waals surface area contributed by atoms with E-state index in [4.69, 9.17) is 0 Å². The molecule has 9 heteroatoms. The lowest BCUT2D eigenvalue weighted by atomic mass is 9.89. The molecule has 162 valence electrons. The molecule has 0 bridgehead atoms. The molecule has 0 fully saturated rings. The fraction of sp³-hybridized carbons (Fsp3) is 0.318. The number of aliphatic imine (C=N–C) groups is 1. The average Bonchev–Trinajstić information content (AvgIpc) is 3.00. The number of nitrogens with zero attached hydrogens (tertiary/aromatic N) is 3. The summed E-state index contributed by atoms with van der Waals surface area (Å²) in [6.45, 7) is 6.43. The number of hydrogen-bond donors (Lipinski definition) is 2. The second-order valence-electron chi connectivity index (χ2n) is 7.65. The van der Waals surface area contributed by atoms with E-state index >= 15 is 0 Å². The monoisotopic (exact) mass is 441 g/mol. The van der Waals surface area contributed by atoms with E-state index in [0.29, 0.717) is 0 Å². The summed E-state index contributed by atoms with van der Waals surface area (Å²) in [5, 5.41) is 20.3. The number of carboxylic acids is 1. The fourth-order valence-corrected chi connectivity index (χ4v) is 3.96. The van der Waals surface area contributed by atoms with Crippen LogP contribution in [0.25, 0.3) is 0 Å². The van der Waals surface area contributed by atoms with Gasteiger partial charge >= 0.3 is 5.97 Å². The van der Waals surface area contributed by atoms with E-state index < -0.39 is 28.8 Å². The van der Waals surface area contributed by atoms with E-state index in [9.17, 15) is 24.6 Å². The molecule has 0 saturated carbocycles. The molecule has 1 aliphatic heterocycles. The van der Waals surface area contributed by atoms with Crippen LogP contribution in [0.3, 0.4) is 0 Å². The van der Waals surface area contributed by atoms with Crippen LogP contribution >= 0.6 is 11.8 Å². The van der Waals surface area contributed by atoms with Crippen molar-refractivity contribution >= 4 is 35.4 Å². The largest absolute Gasteiger partial charge is 0.478 e. The van der Waals surface area contributed by atoms with Gasteiger partial charge in [-0.3, -0.25) is 14.6 Å². The standard InChI is InChI=1S/C22H23N3O5S/c1-12(2)22(4)21(30)25(13(3)26)18(24-22)17-16(19(27)28)10-14(11-23-17)20(29)31-15-8-6-5-7-9-15/h5-12,20,29H,1-4H3,(H,27,28). The summed E-state index contributed by atoms with van der Waals surface area (Å²) in [4.78, 5) is 47.5. The average molecular weight is 442 g/mol. The number of aromatic nitrogens is 1. The second-order valence-corrected chi connectivity index (χ2v) is 8.80. The van der Waals surface area contributed by atoms with Gasteiger partial charge in [-0.05, 0) is 31.0 Å². The molecule has 0 radical (unpaired) electrons. The van der Waals surface area contributed by atoms with Gasteiger partial charge in [0.2, 0.25) is 5.91 Å². The molecule has 2 aromatic rings. The molecule has 1 aromatic heterocycles. The predicted octanol–water partition coefficient (Wildman–Crippen LogP) is 3.11. The Labute approximate surface area is 184 Å². The van der Waals surface area contributed by atoms with Crippen LogP contribution in [-0.4, -0.2) is 49.3 Å². The van der Waals surface area contributed by atoms with Crippen molar-refractivity contribution in [3.05, 3.63) is 59.4 Å². The second kappa shape index (κ2) is 8.60. The molecule has 0 saturated heterocycles. The Balaban J connectivity index is 2.06. The first-order chi connectivity index (χ1) is 14.6. The lowest BCUT2D eigenvalue weighted by Crippen LogP contribution is -2.46. The number of aliphatic hydroxyl groups excluding tert-OH is 1. The number of carbonyl (C=O) groups is 3. The zero-order valence-corrected chi connectivity index (χ0v) is 18.4. The molecule has 2 heterocycles. The van der Waals surface area contributed by atoms with Gasteiger partial charge in [0.25, 0.3) is 5.91 Å². The van der Waals surface area contributed by atoms with Crippen molar-refractivity contribution in [1.82, 2.24) is 9.88 Å². The van der Waals surface area contributed by atoms with E-state index in [1.807, 2.05) is 30.3 Å². The first kappa shape index (κ1) is 22.6. The number of amides is 2. The molecular formula is C22H23N3O5S. The first-order valence-electron chi connectivity index (χ1n) is 9.64. The molecule has 3 rings (SSSR count). The van der Waals surface area contributed by atoms with Gasteiger partial charge in [0.05, 0.1) is 5.56 Å². The van der Waals surface area contributed by atoms with Crippen LogP contribution in [0, 0.1) is 5.92 Å². The van der Waals surface area contributed by atoms with Gasteiger partial charge in [0, 0.05) is 23.6 Å². The highest BCUT2D eigenvalue weighted by atomic mass is 32.2. The first-order valence-corrected chi connectivity index (χ1v) is 10.5. The number of amidine groups is 1. The van der Waals surface area contributed by atoms with E-state index in [0.717, 1.165) is 21.6 Å². The van der Waals surface area contributed by atoms with Gasteiger partial charge < -0.3 is 10.2 Å². The number of aromatic carboxylic acids is 1. The number of rotatable bonds is 6. The number of pyridine rings is 1. The third-order valence-electron chi connectivity index (χ3n) is 5.25. The van der Waals surface area contributed by atoms with E-state index in [2.05, 4.69) is 9.98 Å². The van der Waals surface area contributed by atoms with Gasteiger partial charge in [0.1, 0.15) is 16.7 Å². The topological polar surface area (TPSA) is 120 Å². The molecule has 31 heavy (non-hydrogen) atoms. The third kappa shape index (κ3) is 4.24. The highest BCUT2D eigenvalue weighted by molar-refractivity contribution is 7.99. The molecule has 2 atom stereocenters. The van der Waals surface area contributed by atoms with E-state index in [-0.39, 0.29) is 28.6 Å². The summed E-state index contributed by atoms with van der Waals surface area (Å²) in [7, 11) is 0. The van der Waals surface area contributed by atoms with Crippen molar-refractivity contribution in [1.29, 1.82) is 0 Å². The number of carbonyl (C=O) groups excluding carboxylic acids is 2. The Kier molecular flexibility index (Phi) is 6.28. The van der Waals surface area contributed by atoms with Gasteiger partial charge in [-0.1, -0.05) is 43.8 Å². The van der Waals surface area contributed by atoms with Crippen LogP contribution < -0.4 is 0 Å². The summed E-state index contributed by atoms with van der Waals surface area (Å²) >= 11 is 1.14.